The first kappa shape index (κ1) is 26.8. The first-order valence-electron chi connectivity index (χ1n) is 12.1. The second kappa shape index (κ2) is 12.8. The van der Waals surface area contributed by atoms with Crippen molar-refractivity contribution in [1.29, 1.82) is 0 Å². The first-order valence-corrected chi connectivity index (χ1v) is 14.1. The van der Waals surface area contributed by atoms with Crippen LogP contribution in [0.1, 0.15) is 64.3 Å². The Balaban J connectivity index is 0.000000994. The molecule has 0 saturated carbocycles. The van der Waals surface area contributed by atoms with Gasteiger partial charge in [0.15, 0.2) is 0 Å². The molecular weight excluding hydrogens is 500 g/mol. The highest BCUT2D eigenvalue weighted by Gasteiger charge is 2.37. The van der Waals surface area contributed by atoms with Gasteiger partial charge in [-0.05, 0) is 72.4 Å². The molecule has 6 nitrogen and oxygen atoms in total. The predicted molar refractivity (Wildman–Crippen MR) is 144 cm³/mol. The Morgan fingerprint density at radius 1 is 1.21 bits per heavy atom. The van der Waals surface area contributed by atoms with Gasteiger partial charge in [-0.1, -0.05) is 27.7 Å². The quantitative estimate of drug-likeness (QED) is 0.473. The maximum Gasteiger partial charge on any atom is 0.134 e. The molecule has 2 unspecified atom stereocenters. The number of fused-ring (bicyclic) bond motifs is 5. The van der Waals surface area contributed by atoms with Gasteiger partial charge in [-0.25, -0.2) is 0 Å². The molecular formula is C25H41BrN4O2S. The Labute approximate surface area is 212 Å². The zero-order valence-electron chi connectivity index (χ0n) is 19.4. The molecule has 4 heterocycles. The van der Waals surface area contributed by atoms with E-state index in [0.29, 0.717) is 5.94 Å². The van der Waals surface area contributed by atoms with E-state index in [1.54, 1.807) is 11.8 Å². The molecule has 186 valence electrons. The van der Waals surface area contributed by atoms with E-state index in [2.05, 4.69) is 43.0 Å². The van der Waals surface area contributed by atoms with Crippen LogP contribution in [-0.2, 0) is 11.3 Å². The van der Waals surface area contributed by atoms with Crippen LogP contribution in [-0.4, -0.2) is 65.5 Å². The predicted octanol–water partition coefficient (Wildman–Crippen LogP) is 5.71. The summed E-state index contributed by atoms with van der Waals surface area (Å²) in [6.45, 7) is 9.24. The van der Waals surface area contributed by atoms with Crippen molar-refractivity contribution in [2.75, 3.05) is 44.5 Å². The molecule has 1 aromatic heterocycles. The summed E-state index contributed by atoms with van der Waals surface area (Å²) in [5.74, 6) is 2.52. The molecule has 3 aliphatic heterocycles. The minimum Gasteiger partial charge on any atom is -0.492 e. The Morgan fingerprint density at radius 3 is 2.79 bits per heavy atom. The molecule has 3 N–H and O–H groups in total. The summed E-state index contributed by atoms with van der Waals surface area (Å²) in [5.41, 5.74) is 10.2. The van der Waals surface area contributed by atoms with Crippen LogP contribution in [0.25, 0.3) is 10.9 Å². The third-order valence-corrected chi connectivity index (χ3v) is 8.03. The molecule has 0 amide bonds. The Bertz CT molecular complexity index is 887. The first-order chi connectivity index (χ1) is 15.7. The second-order valence-electron chi connectivity index (χ2n) is 8.57. The maximum absolute atomic E-state index is 6.53. The number of halogens is 1. The number of hydrogen-bond donors (Lipinski definition) is 2. The number of nitrogens with one attached hydrogen (secondary N) is 1. The monoisotopic (exact) mass is 540 g/mol. The van der Waals surface area contributed by atoms with Crippen LogP contribution >= 0.6 is 27.7 Å². The van der Waals surface area contributed by atoms with Crippen LogP contribution in [0.2, 0.25) is 0 Å². The van der Waals surface area contributed by atoms with Crippen LogP contribution in [0.5, 0.6) is 5.75 Å². The molecule has 3 aliphatic rings. The largest absolute Gasteiger partial charge is 0.492 e. The van der Waals surface area contributed by atoms with Crippen molar-refractivity contribution < 1.29 is 9.57 Å². The lowest BCUT2D eigenvalue weighted by atomic mass is 9.95. The lowest BCUT2D eigenvalue weighted by Crippen LogP contribution is -2.44. The zero-order chi connectivity index (χ0) is 22.5. The van der Waals surface area contributed by atoms with E-state index in [9.17, 15) is 0 Å². The molecule has 1 aromatic carbocycles. The number of thioether (sulfide) groups is 1. The summed E-state index contributed by atoms with van der Waals surface area (Å²) in [7, 11) is 0. The number of nitrogens with zero attached hydrogens (tertiary/aromatic N) is 2. The molecule has 0 bridgehead atoms. The summed E-state index contributed by atoms with van der Waals surface area (Å²) in [6, 6.07) is 4.49. The van der Waals surface area contributed by atoms with Crippen molar-refractivity contribution in [2.24, 2.45) is 5.73 Å². The third kappa shape index (κ3) is 6.08. The maximum atomic E-state index is 6.53. The van der Waals surface area contributed by atoms with Crippen LogP contribution < -0.4 is 10.5 Å². The average Bonchev–Trinajstić information content (AvgIpc) is 3.06. The molecule has 8 heteroatoms. The van der Waals surface area contributed by atoms with Crippen molar-refractivity contribution >= 4 is 38.6 Å². The Morgan fingerprint density at radius 2 is 2.00 bits per heavy atom. The number of benzene rings is 1. The van der Waals surface area contributed by atoms with Crippen LogP contribution in [0, 0.1) is 0 Å². The molecule has 0 radical (unpaired) electrons. The molecule has 5 rings (SSSR count). The summed E-state index contributed by atoms with van der Waals surface area (Å²) in [5, 5.41) is 3.33. The number of nitrogens with two attached hydrogens (primary N) is 1. The fraction of sp³-hybridized carbons (Fsp3) is 0.680. The van der Waals surface area contributed by atoms with E-state index in [-0.39, 0.29) is 19.5 Å². The Hall–Kier alpha value is -0.770. The smallest absolute Gasteiger partial charge is 0.134 e. The lowest BCUT2D eigenvalue weighted by Gasteiger charge is -2.35. The number of aromatic nitrogens is 1. The van der Waals surface area contributed by atoms with Gasteiger partial charge in [0.2, 0.25) is 0 Å². The summed E-state index contributed by atoms with van der Waals surface area (Å²) >= 11 is 5.48. The van der Waals surface area contributed by atoms with Crippen LogP contribution in [0.15, 0.2) is 16.6 Å². The highest BCUT2D eigenvalue weighted by atomic mass is 79.9. The van der Waals surface area contributed by atoms with Crippen molar-refractivity contribution in [3.63, 3.8) is 0 Å². The fourth-order valence-electron chi connectivity index (χ4n) is 5.02. The molecule has 33 heavy (non-hydrogen) atoms. The van der Waals surface area contributed by atoms with E-state index in [4.69, 9.17) is 15.3 Å². The molecule has 0 aliphatic carbocycles. The van der Waals surface area contributed by atoms with Gasteiger partial charge in [-0.15, -0.1) is 11.8 Å². The average molecular weight is 542 g/mol. The van der Waals surface area contributed by atoms with Gasteiger partial charge >= 0.3 is 0 Å². The fourth-order valence-corrected chi connectivity index (χ4v) is 6.23. The number of piperidine rings is 1. The van der Waals surface area contributed by atoms with Crippen LogP contribution in [0.3, 0.4) is 0 Å². The highest BCUT2D eigenvalue weighted by molar-refractivity contribution is 9.10. The molecule has 2 atom stereocenters. The Kier molecular flexibility index (Phi) is 10.4. The van der Waals surface area contributed by atoms with E-state index < -0.39 is 0 Å². The third-order valence-electron chi connectivity index (χ3n) is 6.52. The van der Waals surface area contributed by atoms with E-state index in [1.807, 2.05) is 13.8 Å². The topological polar surface area (TPSA) is 66.8 Å². The van der Waals surface area contributed by atoms with Crippen LogP contribution in [0.4, 0.5) is 0 Å². The lowest BCUT2D eigenvalue weighted by molar-refractivity contribution is -0.175. The number of ether oxygens (including phenoxy) is 1. The number of rotatable bonds is 5. The normalized spacial score (nSPS) is 23.5. The summed E-state index contributed by atoms with van der Waals surface area (Å²) in [4.78, 5) is 12.2. The number of hydrogen-bond acceptors (Lipinski definition) is 6. The second-order valence-corrected chi connectivity index (χ2v) is 10.4. The molecule has 2 fully saturated rings. The number of aromatic amines is 1. The van der Waals surface area contributed by atoms with Gasteiger partial charge in [-0.2, -0.15) is 5.06 Å². The standard InChI is InChI=1S/C22H31BrN4O2S.C2H6.CH4/c23-17-12-19-16(11-20(17)28-10-4-8-26-6-2-1-3-7-26)15-5-9-27-22(21(15)25-19)18(24)13-30-14-29-27;1-2;/h11-12,18,22,25H,1-10,13-14,24H2;1-2H3;1H4. The van der Waals surface area contributed by atoms with E-state index in [0.717, 1.165) is 54.0 Å². The number of H-pyrrole nitrogens is 1. The molecule has 2 saturated heterocycles. The van der Waals surface area contributed by atoms with Gasteiger partial charge in [0.25, 0.3) is 0 Å². The van der Waals surface area contributed by atoms with Gasteiger partial charge in [0.1, 0.15) is 11.7 Å². The summed E-state index contributed by atoms with van der Waals surface area (Å²) < 4.78 is 7.19. The minimum atomic E-state index is 0. The van der Waals surface area contributed by atoms with Crippen molar-refractivity contribution in [1.82, 2.24) is 14.9 Å². The minimum absolute atomic E-state index is 0. The SMILES string of the molecule is C.CC.NC1CSCON2CCc3c([nH]c4cc(Br)c(OCCCN5CCCCC5)cc34)C12. The van der Waals surface area contributed by atoms with Gasteiger partial charge in [0, 0.05) is 41.5 Å². The van der Waals surface area contributed by atoms with Gasteiger partial charge in [0.05, 0.1) is 17.1 Å². The van der Waals surface area contributed by atoms with Gasteiger partial charge < -0.3 is 20.4 Å². The van der Waals surface area contributed by atoms with Crippen molar-refractivity contribution in [3.8, 4) is 5.75 Å². The van der Waals surface area contributed by atoms with Gasteiger partial charge in [-0.3, -0.25) is 4.84 Å². The zero-order valence-corrected chi connectivity index (χ0v) is 21.8. The number of likely N-dealkylation sites (tertiary alicyclic amines) is 1. The van der Waals surface area contributed by atoms with E-state index in [1.165, 1.54) is 49.0 Å². The number of hydroxylamine groups is 2. The molecule has 2 aromatic rings. The highest BCUT2D eigenvalue weighted by Crippen LogP contribution is 2.41. The van der Waals surface area contributed by atoms with Crippen molar-refractivity contribution in [3.05, 3.63) is 27.9 Å². The molecule has 0 spiro atoms. The van der Waals surface area contributed by atoms with Crippen molar-refractivity contribution in [2.45, 2.75) is 65.5 Å². The summed E-state index contributed by atoms with van der Waals surface area (Å²) in [6.07, 6.45) is 6.09. The van der Waals surface area contributed by atoms with E-state index >= 15 is 0 Å².